The molecule has 0 bridgehead atoms. The van der Waals surface area contributed by atoms with Gasteiger partial charge >= 0.3 is 0 Å². The molecule has 0 aromatic heterocycles. The van der Waals surface area contributed by atoms with E-state index in [2.05, 4.69) is 18.8 Å². The first-order valence-electron chi connectivity index (χ1n) is 7.97. The van der Waals surface area contributed by atoms with Crippen molar-refractivity contribution in [1.82, 2.24) is 0 Å². The van der Waals surface area contributed by atoms with E-state index in [0.29, 0.717) is 28.0 Å². The fourth-order valence-corrected chi connectivity index (χ4v) is 2.20. The molecule has 0 aliphatic heterocycles. The Hall–Kier alpha value is -2.01. The monoisotopic (exact) mass is 378 g/mol. The van der Waals surface area contributed by atoms with Crippen LogP contribution in [0.2, 0.25) is 10.0 Å². The van der Waals surface area contributed by atoms with E-state index in [1.807, 2.05) is 18.2 Å². The van der Waals surface area contributed by atoms with Crippen molar-refractivity contribution in [3.63, 3.8) is 0 Å². The first-order chi connectivity index (χ1) is 11.9. The Bertz CT molecular complexity index is 738. The van der Waals surface area contributed by atoms with Gasteiger partial charge in [0.25, 0.3) is 0 Å². The second-order valence-electron chi connectivity index (χ2n) is 5.34. The summed E-state index contributed by atoms with van der Waals surface area (Å²) in [6.45, 7) is 4.67. The Morgan fingerprint density at radius 3 is 2.16 bits per heavy atom. The summed E-state index contributed by atoms with van der Waals surface area (Å²) in [7, 11) is 0. The summed E-state index contributed by atoms with van der Waals surface area (Å²) >= 11 is 12.0. The normalized spacial score (nSPS) is 11.7. The van der Waals surface area contributed by atoms with Gasteiger partial charge in [0.05, 0.1) is 10.7 Å². The molecule has 0 amide bonds. The Balaban J connectivity index is 0.000000970. The highest BCUT2D eigenvalue weighted by molar-refractivity contribution is 6.33. The zero-order valence-corrected chi connectivity index (χ0v) is 16.0. The van der Waals surface area contributed by atoms with E-state index in [-0.39, 0.29) is 5.84 Å². The lowest BCUT2D eigenvalue weighted by Crippen LogP contribution is -2.10. The fourth-order valence-electron chi connectivity index (χ4n) is 1.82. The summed E-state index contributed by atoms with van der Waals surface area (Å²) in [4.78, 5) is 4.26. The maximum Gasteiger partial charge on any atom is 0.126 e. The van der Waals surface area contributed by atoms with Crippen LogP contribution in [0.25, 0.3) is 5.70 Å². The van der Waals surface area contributed by atoms with Gasteiger partial charge in [0.2, 0.25) is 0 Å². The van der Waals surface area contributed by atoms with Crippen molar-refractivity contribution < 1.29 is 0 Å². The predicted molar refractivity (Wildman–Crippen MR) is 110 cm³/mol. The van der Waals surface area contributed by atoms with Crippen molar-refractivity contribution in [3.05, 3.63) is 69.7 Å². The molecule has 0 aliphatic rings. The zero-order valence-electron chi connectivity index (χ0n) is 14.5. The summed E-state index contributed by atoms with van der Waals surface area (Å²) in [5.41, 5.74) is 20.2. The molecule has 6 heteroatoms. The van der Waals surface area contributed by atoms with Gasteiger partial charge in [0.15, 0.2) is 0 Å². The third-order valence-corrected chi connectivity index (χ3v) is 3.53. The maximum atomic E-state index is 6.14. The fraction of sp³-hybridized carbons (Fsp3) is 0.211. The van der Waals surface area contributed by atoms with Crippen LogP contribution in [-0.2, 0) is 6.54 Å². The van der Waals surface area contributed by atoms with Gasteiger partial charge in [0.1, 0.15) is 5.84 Å². The predicted octanol–water partition coefficient (Wildman–Crippen LogP) is 4.86. The van der Waals surface area contributed by atoms with Gasteiger partial charge in [-0.3, -0.25) is 0 Å². The number of rotatable bonds is 4. The minimum absolute atomic E-state index is 0.259. The second-order valence-corrected chi connectivity index (χ2v) is 6.18. The largest absolute Gasteiger partial charge is 0.398 e. The number of halogens is 2. The number of aliphatic imine (C=N–C) groups is 1. The molecule has 25 heavy (non-hydrogen) atoms. The molecule has 0 heterocycles. The molecule has 6 N–H and O–H groups in total. The van der Waals surface area contributed by atoms with Gasteiger partial charge in [-0.25, -0.2) is 4.99 Å². The first kappa shape index (κ1) is 21.0. The zero-order chi connectivity index (χ0) is 18.8. The molecule has 2 aromatic carbocycles. The Kier molecular flexibility index (Phi) is 9.06. The van der Waals surface area contributed by atoms with E-state index >= 15 is 0 Å². The third kappa shape index (κ3) is 7.18. The number of nitrogens with zero attached hydrogens (tertiary/aromatic N) is 1. The summed E-state index contributed by atoms with van der Waals surface area (Å²) in [6, 6.07) is 12.5. The van der Waals surface area contributed by atoms with Crippen LogP contribution < -0.4 is 17.2 Å². The van der Waals surface area contributed by atoms with Crippen LogP contribution in [0.4, 0.5) is 5.69 Å². The topological polar surface area (TPSA) is 90.4 Å². The van der Waals surface area contributed by atoms with Crippen LogP contribution in [0.1, 0.15) is 31.4 Å². The molecule has 0 atom stereocenters. The minimum atomic E-state index is 0.259. The summed E-state index contributed by atoms with van der Waals surface area (Å²) in [6.07, 6.45) is 2.83. The van der Waals surface area contributed by atoms with Gasteiger partial charge in [-0.2, -0.15) is 0 Å². The molecule has 0 unspecified atom stereocenters. The maximum absolute atomic E-state index is 6.14. The Morgan fingerprint density at radius 1 is 1.04 bits per heavy atom. The van der Waals surface area contributed by atoms with E-state index < -0.39 is 0 Å². The number of hydrogen-bond donors (Lipinski definition) is 3. The molecule has 0 spiro atoms. The van der Waals surface area contributed by atoms with E-state index in [9.17, 15) is 0 Å². The van der Waals surface area contributed by atoms with Crippen molar-refractivity contribution in [2.45, 2.75) is 26.8 Å². The Morgan fingerprint density at radius 2 is 1.64 bits per heavy atom. The van der Waals surface area contributed by atoms with Crippen molar-refractivity contribution in [3.8, 4) is 0 Å². The smallest absolute Gasteiger partial charge is 0.126 e. The molecule has 0 fully saturated rings. The molecular weight excluding hydrogens is 355 g/mol. The number of amidine groups is 1. The van der Waals surface area contributed by atoms with Crippen molar-refractivity contribution >= 4 is 40.4 Å². The van der Waals surface area contributed by atoms with Gasteiger partial charge in [-0.1, -0.05) is 61.7 Å². The number of nitrogens with two attached hydrogens (primary N) is 3. The lowest BCUT2D eigenvalue weighted by atomic mass is 10.1. The molecule has 2 aromatic rings. The quantitative estimate of drug-likeness (QED) is 0.524. The molecule has 2 rings (SSSR count). The van der Waals surface area contributed by atoms with Gasteiger partial charge < -0.3 is 17.2 Å². The molecule has 0 saturated heterocycles. The highest BCUT2D eigenvalue weighted by atomic mass is 35.5. The average Bonchev–Trinajstić information content (AvgIpc) is 2.58. The van der Waals surface area contributed by atoms with E-state index in [0.717, 1.165) is 11.1 Å². The standard InChI is InChI=1S/C16H16Cl2N4.C3H8/c17-12-4-2-11(3-5-12)14(20)8-16(21)22-15-6-1-10(9-19)7-13(15)18;1-3-2/h1-8H,9,19-20H2,(H2,21,22);3H2,1-2H3/b14-8-;. The first-order valence-corrected chi connectivity index (χ1v) is 8.72. The van der Waals surface area contributed by atoms with Crippen molar-refractivity contribution in [2.24, 2.45) is 22.2 Å². The second kappa shape index (κ2) is 10.8. The molecule has 4 nitrogen and oxygen atoms in total. The highest BCUT2D eigenvalue weighted by Gasteiger charge is 2.02. The molecular formula is C19H24Cl2N4. The number of hydrogen-bond acceptors (Lipinski definition) is 3. The lowest BCUT2D eigenvalue weighted by Gasteiger charge is -2.04. The molecule has 0 aliphatic carbocycles. The molecule has 0 radical (unpaired) electrons. The van der Waals surface area contributed by atoms with Crippen LogP contribution in [0.5, 0.6) is 0 Å². The highest BCUT2D eigenvalue weighted by Crippen LogP contribution is 2.26. The SMILES string of the molecule is CCC.NCc1ccc(N=C(N)/C=C(\N)c2ccc(Cl)cc2)c(Cl)c1. The Labute approximate surface area is 159 Å². The van der Waals surface area contributed by atoms with Crippen LogP contribution in [-0.4, -0.2) is 5.84 Å². The van der Waals surface area contributed by atoms with Gasteiger partial charge in [0, 0.05) is 23.3 Å². The van der Waals surface area contributed by atoms with Crippen LogP contribution in [0.3, 0.4) is 0 Å². The van der Waals surface area contributed by atoms with Crippen LogP contribution in [0.15, 0.2) is 53.5 Å². The van der Waals surface area contributed by atoms with E-state index in [1.165, 1.54) is 6.42 Å². The summed E-state index contributed by atoms with van der Waals surface area (Å²) in [5.74, 6) is 0.259. The van der Waals surface area contributed by atoms with Crippen molar-refractivity contribution in [2.75, 3.05) is 0 Å². The van der Waals surface area contributed by atoms with Gasteiger partial charge in [-0.15, -0.1) is 0 Å². The average molecular weight is 379 g/mol. The van der Waals surface area contributed by atoms with E-state index in [1.54, 1.807) is 30.3 Å². The van der Waals surface area contributed by atoms with Gasteiger partial charge in [-0.05, 0) is 35.4 Å². The summed E-state index contributed by atoms with van der Waals surface area (Å²) in [5, 5.41) is 1.13. The lowest BCUT2D eigenvalue weighted by molar-refractivity contribution is 1.07. The van der Waals surface area contributed by atoms with Crippen molar-refractivity contribution in [1.29, 1.82) is 0 Å². The minimum Gasteiger partial charge on any atom is -0.398 e. The summed E-state index contributed by atoms with van der Waals surface area (Å²) < 4.78 is 0. The van der Waals surface area contributed by atoms with Crippen LogP contribution in [0, 0.1) is 0 Å². The molecule has 0 saturated carbocycles. The third-order valence-electron chi connectivity index (χ3n) is 2.98. The van der Waals surface area contributed by atoms with Crippen LogP contribution >= 0.6 is 23.2 Å². The van der Waals surface area contributed by atoms with E-state index in [4.69, 9.17) is 40.4 Å². The molecule has 134 valence electrons. The number of benzene rings is 2.